The second kappa shape index (κ2) is 7.89. The quantitative estimate of drug-likeness (QED) is 0.397. The van der Waals surface area contributed by atoms with Crippen molar-refractivity contribution in [2.24, 2.45) is 0 Å². The molecule has 0 fully saturated rings. The minimum atomic E-state index is -0.131. The Morgan fingerprint density at radius 3 is 2.59 bits per heavy atom. The van der Waals surface area contributed by atoms with E-state index in [1.165, 1.54) is 13.2 Å². The van der Waals surface area contributed by atoms with Gasteiger partial charge in [-0.3, -0.25) is 4.79 Å². The molecule has 0 saturated carbocycles. The van der Waals surface area contributed by atoms with E-state index in [1.807, 2.05) is 24.3 Å². The number of halogens is 2. The Labute approximate surface area is 151 Å². The third kappa shape index (κ3) is 4.18. The van der Waals surface area contributed by atoms with E-state index in [4.69, 9.17) is 4.74 Å². The number of ether oxygens (including phenoxy) is 1. The van der Waals surface area contributed by atoms with E-state index < -0.39 is 0 Å². The van der Waals surface area contributed by atoms with Crippen LogP contribution in [0.4, 0.5) is 0 Å². The number of aliphatic hydroxyl groups excluding tert-OH is 1. The van der Waals surface area contributed by atoms with Crippen LogP contribution in [-0.4, -0.2) is 18.0 Å². The van der Waals surface area contributed by atoms with Gasteiger partial charge in [0.25, 0.3) is 0 Å². The molecule has 0 aromatic heterocycles. The third-order valence-electron chi connectivity index (χ3n) is 3.06. The predicted molar refractivity (Wildman–Crippen MR) is 99.1 cm³/mol. The second-order valence-electron chi connectivity index (χ2n) is 4.56. The zero-order valence-corrected chi connectivity index (χ0v) is 15.6. The number of hydrogen-bond acceptors (Lipinski definition) is 3. The molecule has 0 spiro atoms. The average Bonchev–Trinajstić information content (AvgIpc) is 2.53. The molecule has 5 heteroatoms. The van der Waals surface area contributed by atoms with Gasteiger partial charge >= 0.3 is 0 Å². The van der Waals surface area contributed by atoms with Crippen molar-refractivity contribution >= 4 is 50.4 Å². The normalized spacial score (nSPS) is 10.9. The van der Waals surface area contributed by atoms with Gasteiger partial charge in [0.05, 0.1) is 19.3 Å². The highest BCUT2D eigenvalue weighted by Crippen LogP contribution is 2.27. The number of aliphatic hydroxyl groups is 1. The molecule has 0 saturated heterocycles. The van der Waals surface area contributed by atoms with Gasteiger partial charge in [-0.2, -0.15) is 0 Å². The Morgan fingerprint density at radius 1 is 1.32 bits per heavy atom. The summed E-state index contributed by atoms with van der Waals surface area (Å²) in [5.41, 5.74) is 2.17. The summed E-state index contributed by atoms with van der Waals surface area (Å²) in [6.07, 6.45) is 3.30. The molecule has 2 aromatic rings. The first kappa shape index (κ1) is 17.2. The van der Waals surface area contributed by atoms with Crippen LogP contribution in [0.5, 0.6) is 5.75 Å². The minimum Gasteiger partial charge on any atom is -0.496 e. The lowest BCUT2D eigenvalue weighted by Gasteiger charge is -2.10. The molecular formula is C17H14BrIO3. The van der Waals surface area contributed by atoms with E-state index >= 15 is 0 Å². The van der Waals surface area contributed by atoms with Gasteiger partial charge in [0.15, 0.2) is 5.78 Å². The fourth-order valence-electron chi connectivity index (χ4n) is 1.96. The summed E-state index contributed by atoms with van der Waals surface area (Å²) in [5, 5.41) is 9.22. The van der Waals surface area contributed by atoms with Crippen molar-refractivity contribution in [1.29, 1.82) is 0 Å². The first-order chi connectivity index (χ1) is 10.5. The fraction of sp³-hybridized carbons (Fsp3) is 0.118. The Balaban J connectivity index is 2.31. The Bertz CT molecular complexity index is 709. The minimum absolute atomic E-state index is 0.0877. The van der Waals surface area contributed by atoms with Crippen molar-refractivity contribution in [3.05, 3.63) is 67.2 Å². The number of allylic oxidation sites excluding steroid dienone is 1. The Morgan fingerprint density at radius 2 is 2.00 bits per heavy atom. The maximum atomic E-state index is 12.4. The van der Waals surface area contributed by atoms with E-state index in [2.05, 4.69) is 38.5 Å². The van der Waals surface area contributed by atoms with Crippen LogP contribution >= 0.6 is 38.5 Å². The molecule has 0 aliphatic rings. The van der Waals surface area contributed by atoms with E-state index in [9.17, 15) is 9.90 Å². The first-order valence-corrected chi connectivity index (χ1v) is 8.37. The summed E-state index contributed by atoms with van der Waals surface area (Å²) < 4.78 is 7.03. The maximum absolute atomic E-state index is 12.4. The van der Waals surface area contributed by atoms with Crippen LogP contribution in [0.3, 0.4) is 0 Å². The number of ketones is 1. The van der Waals surface area contributed by atoms with Gasteiger partial charge in [0, 0.05) is 8.04 Å². The van der Waals surface area contributed by atoms with Crippen LogP contribution in [0.1, 0.15) is 21.5 Å². The summed E-state index contributed by atoms with van der Waals surface area (Å²) in [5.74, 6) is 0.343. The molecule has 22 heavy (non-hydrogen) atoms. The number of benzene rings is 2. The van der Waals surface area contributed by atoms with Crippen LogP contribution in [0, 0.1) is 3.57 Å². The van der Waals surface area contributed by atoms with Crippen LogP contribution in [0.2, 0.25) is 0 Å². The summed E-state index contributed by atoms with van der Waals surface area (Å²) in [7, 11) is 1.52. The van der Waals surface area contributed by atoms with Crippen LogP contribution < -0.4 is 4.74 Å². The Hall–Kier alpha value is -1.18. The van der Waals surface area contributed by atoms with Crippen LogP contribution in [0.25, 0.3) is 6.08 Å². The SMILES string of the molecule is COc1cc(CO)cc(I)c1C(=O)/C=C/c1ccc(Br)cc1. The molecule has 0 atom stereocenters. The standard InChI is InChI=1S/C17H14BrIO3/c1-22-16-9-12(10-20)8-14(19)17(16)15(21)7-4-11-2-5-13(18)6-3-11/h2-9,20H,10H2,1H3/b7-4+. The van der Waals surface area contributed by atoms with E-state index in [1.54, 1.807) is 18.2 Å². The molecule has 1 N–H and O–H groups in total. The van der Waals surface area contributed by atoms with Gasteiger partial charge < -0.3 is 9.84 Å². The number of carbonyl (C=O) groups excluding carboxylic acids is 1. The fourth-order valence-corrected chi connectivity index (χ4v) is 3.15. The molecule has 0 aliphatic heterocycles. The number of hydrogen-bond donors (Lipinski definition) is 1. The number of carbonyl (C=O) groups is 1. The molecule has 3 nitrogen and oxygen atoms in total. The van der Waals surface area contributed by atoms with Gasteiger partial charge in [-0.05, 0) is 64.1 Å². The molecule has 0 aliphatic carbocycles. The van der Waals surface area contributed by atoms with Gasteiger partial charge in [-0.1, -0.05) is 34.1 Å². The summed E-state index contributed by atoms with van der Waals surface area (Å²) >= 11 is 5.46. The molecular weight excluding hydrogens is 459 g/mol. The van der Waals surface area contributed by atoms with Crippen molar-refractivity contribution in [2.45, 2.75) is 6.61 Å². The monoisotopic (exact) mass is 472 g/mol. The summed E-state index contributed by atoms with van der Waals surface area (Å²) in [6, 6.07) is 11.2. The largest absolute Gasteiger partial charge is 0.496 e. The molecule has 2 aromatic carbocycles. The van der Waals surface area contributed by atoms with Crippen LogP contribution in [-0.2, 0) is 6.61 Å². The average molecular weight is 473 g/mol. The van der Waals surface area contributed by atoms with Crippen molar-refractivity contribution in [2.75, 3.05) is 7.11 Å². The highest BCUT2D eigenvalue weighted by molar-refractivity contribution is 14.1. The summed E-state index contributed by atoms with van der Waals surface area (Å²) in [6.45, 7) is -0.0877. The maximum Gasteiger partial charge on any atom is 0.190 e. The second-order valence-corrected chi connectivity index (χ2v) is 6.64. The highest BCUT2D eigenvalue weighted by atomic mass is 127. The van der Waals surface area contributed by atoms with E-state index in [-0.39, 0.29) is 12.4 Å². The van der Waals surface area contributed by atoms with Gasteiger partial charge in [0.1, 0.15) is 5.75 Å². The molecule has 114 valence electrons. The van der Waals surface area contributed by atoms with Gasteiger partial charge in [0.2, 0.25) is 0 Å². The zero-order chi connectivity index (χ0) is 16.1. The van der Waals surface area contributed by atoms with Gasteiger partial charge in [-0.15, -0.1) is 0 Å². The number of methoxy groups -OCH3 is 1. The van der Waals surface area contributed by atoms with Crippen LogP contribution in [0.15, 0.2) is 46.9 Å². The first-order valence-electron chi connectivity index (χ1n) is 6.50. The topological polar surface area (TPSA) is 46.5 Å². The van der Waals surface area contributed by atoms with Crippen molar-refractivity contribution in [3.8, 4) is 5.75 Å². The van der Waals surface area contributed by atoms with Crippen molar-refractivity contribution < 1.29 is 14.6 Å². The Kier molecular flexibility index (Phi) is 6.16. The van der Waals surface area contributed by atoms with E-state index in [0.29, 0.717) is 11.3 Å². The lowest BCUT2D eigenvalue weighted by Crippen LogP contribution is -2.03. The van der Waals surface area contributed by atoms with E-state index in [0.717, 1.165) is 19.2 Å². The lowest BCUT2D eigenvalue weighted by atomic mass is 10.1. The molecule has 2 rings (SSSR count). The number of rotatable bonds is 5. The van der Waals surface area contributed by atoms with Crippen molar-refractivity contribution in [3.63, 3.8) is 0 Å². The zero-order valence-electron chi connectivity index (χ0n) is 11.8. The highest BCUT2D eigenvalue weighted by Gasteiger charge is 2.15. The predicted octanol–water partition coefficient (Wildman–Crippen LogP) is 4.45. The van der Waals surface area contributed by atoms with Gasteiger partial charge in [-0.25, -0.2) is 0 Å². The summed E-state index contributed by atoms with van der Waals surface area (Å²) in [4.78, 5) is 12.4. The van der Waals surface area contributed by atoms with Crippen molar-refractivity contribution in [1.82, 2.24) is 0 Å². The molecule has 0 amide bonds. The smallest absolute Gasteiger partial charge is 0.190 e. The molecule has 0 radical (unpaired) electrons. The molecule has 0 bridgehead atoms. The third-order valence-corrected chi connectivity index (χ3v) is 4.44. The lowest BCUT2D eigenvalue weighted by molar-refractivity contribution is 0.104. The molecule has 0 unspecified atom stereocenters. The molecule has 0 heterocycles.